The second kappa shape index (κ2) is 9.87. The summed E-state index contributed by atoms with van der Waals surface area (Å²) in [6, 6.07) is 15.7. The van der Waals surface area contributed by atoms with E-state index in [0.717, 1.165) is 23.2 Å². The van der Waals surface area contributed by atoms with Crippen LogP contribution < -0.4 is 16.0 Å². The van der Waals surface area contributed by atoms with E-state index in [0.29, 0.717) is 38.1 Å². The number of ether oxygens (including phenoxy) is 1. The van der Waals surface area contributed by atoms with Gasteiger partial charge in [-0.15, -0.1) is 12.4 Å². The lowest BCUT2D eigenvalue weighted by atomic mass is 10.0. The second-order valence-corrected chi connectivity index (χ2v) is 7.32. The van der Waals surface area contributed by atoms with Gasteiger partial charge in [0.05, 0.1) is 18.8 Å². The zero-order valence-electron chi connectivity index (χ0n) is 16.1. The number of nitrogens with one attached hydrogen (secondary N) is 3. The predicted octanol–water partition coefficient (Wildman–Crippen LogP) is 2.27. The average Bonchev–Trinajstić information content (AvgIpc) is 3.16. The summed E-state index contributed by atoms with van der Waals surface area (Å²) in [5.41, 5.74) is 3.73. The Morgan fingerprint density at radius 3 is 2.55 bits per heavy atom. The average molecular weight is 416 g/mol. The van der Waals surface area contributed by atoms with Gasteiger partial charge in [-0.3, -0.25) is 9.59 Å². The molecule has 0 aromatic heterocycles. The summed E-state index contributed by atoms with van der Waals surface area (Å²) in [7, 11) is 0. The molecule has 0 unspecified atom stereocenters. The highest BCUT2D eigenvalue weighted by molar-refractivity contribution is 5.95. The van der Waals surface area contributed by atoms with Crippen molar-refractivity contribution in [2.24, 2.45) is 0 Å². The molecule has 3 N–H and O–H groups in total. The standard InChI is InChI=1S/C22H25N3O3.ClH/c26-21-8-3-9-24-22(27)18-7-2-6-17(11-18)16-5-1-4-15(10-16)14-28-20-13-23-12-19(20)25-21;/h1-2,4-7,10-11,19-20,23H,3,8-9,12-14H2,(H,24,27)(H,25,26);1H/t19-,20-;/m0./s1. The quantitative estimate of drug-likeness (QED) is 0.616. The van der Waals surface area contributed by atoms with E-state index < -0.39 is 0 Å². The fourth-order valence-corrected chi connectivity index (χ4v) is 3.69. The molecule has 6 nitrogen and oxygen atoms in total. The zero-order chi connectivity index (χ0) is 19.3. The Kier molecular flexibility index (Phi) is 7.25. The lowest BCUT2D eigenvalue weighted by molar-refractivity contribution is -0.122. The van der Waals surface area contributed by atoms with E-state index in [1.54, 1.807) is 6.07 Å². The van der Waals surface area contributed by atoms with Crippen LogP contribution >= 0.6 is 12.4 Å². The van der Waals surface area contributed by atoms with Crippen molar-refractivity contribution in [3.8, 4) is 11.1 Å². The molecular weight excluding hydrogens is 390 g/mol. The van der Waals surface area contributed by atoms with E-state index in [1.807, 2.05) is 36.4 Å². The van der Waals surface area contributed by atoms with Crippen LogP contribution in [0.1, 0.15) is 28.8 Å². The van der Waals surface area contributed by atoms with E-state index in [9.17, 15) is 9.59 Å². The maximum absolute atomic E-state index is 12.4. The van der Waals surface area contributed by atoms with Crippen molar-refractivity contribution in [1.29, 1.82) is 0 Å². The Balaban J connectivity index is 0.00000240. The van der Waals surface area contributed by atoms with Gasteiger partial charge in [0, 0.05) is 31.6 Å². The summed E-state index contributed by atoms with van der Waals surface area (Å²) in [6.07, 6.45) is 0.930. The summed E-state index contributed by atoms with van der Waals surface area (Å²) in [5.74, 6) is -0.129. The molecule has 2 aromatic carbocycles. The number of hydrogen-bond acceptors (Lipinski definition) is 4. The van der Waals surface area contributed by atoms with Crippen molar-refractivity contribution in [2.45, 2.75) is 31.6 Å². The van der Waals surface area contributed by atoms with Gasteiger partial charge in [0.15, 0.2) is 0 Å². The van der Waals surface area contributed by atoms with Crippen molar-refractivity contribution in [3.05, 3.63) is 59.7 Å². The molecule has 1 saturated heterocycles. The van der Waals surface area contributed by atoms with Gasteiger partial charge in [-0.1, -0.05) is 30.3 Å². The van der Waals surface area contributed by atoms with E-state index in [-0.39, 0.29) is 36.4 Å². The smallest absolute Gasteiger partial charge is 0.251 e. The van der Waals surface area contributed by atoms with Crippen molar-refractivity contribution < 1.29 is 14.3 Å². The Bertz CT molecular complexity index is 874. The minimum Gasteiger partial charge on any atom is -0.370 e. The molecular formula is C22H26ClN3O3. The van der Waals surface area contributed by atoms with Gasteiger partial charge in [0.25, 0.3) is 5.91 Å². The first-order valence-electron chi connectivity index (χ1n) is 9.78. The molecule has 1 fully saturated rings. The largest absolute Gasteiger partial charge is 0.370 e. The van der Waals surface area contributed by atoms with Crippen molar-refractivity contribution in [1.82, 2.24) is 16.0 Å². The molecule has 0 saturated carbocycles. The molecule has 4 rings (SSSR count). The van der Waals surface area contributed by atoms with Crippen molar-refractivity contribution in [3.63, 3.8) is 0 Å². The number of hydrogen-bond donors (Lipinski definition) is 3. The highest BCUT2D eigenvalue weighted by Gasteiger charge is 2.29. The van der Waals surface area contributed by atoms with Crippen LogP contribution in [0.5, 0.6) is 0 Å². The van der Waals surface area contributed by atoms with Gasteiger partial charge in [0.2, 0.25) is 5.91 Å². The maximum atomic E-state index is 12.4. The predicted molar refractivity (Wildman–Crippen MR) is 114 cm³/mol. The number of benzene rings is 2. The number of carbonyl (C=O) groups excluding carboxylic acids is 2. The first-order valence-corrected chi connectivity index (χ1v) is 9.78. The van der Waals surface area contributed by atoms with E-state index in [2.05, 4.69) is 22.0 Å². The van der Waals surface area contributed by atoms with E-state index in [4.69, 9.17) is 4.74 Å². The molecule has 154 valence electrons. The maximum Gasteiger partial charge on any atom is 0.251 e. The fraction of sp³-hybridized carbons (Fsp3) is 0.364. The number of rotatable bonds is 0. The van der Waals surface area contributed by atoms with Crippen LogP contribution in [-0.2, 0) is 16.1 Å². The van der Waals surface area contributed by atoms with E-state index >= 15 is 0 Å². The normalized spacial score (nSPS) is 22.5. The Morgan fingerprint density at radius 1 is 0.931 bits per heavy atom. The van der Waals surface area contributed by atoms with Crippen molar-refractivity contribution >= 4 is 24.2 Å². The number of fused-ring (bicyclic) bond motifs is 6. The number of amides is 2. The topological polar surface area (TPSA) is 79.5 Å². The SMILES string of the molecule is Cl.O=C1CCCNC(=O)c2cccc(c2)-c2cccc(c2)CO[C@H]2CNC[C@@H]2N1. The molecule has 7 heteroatoms. The summed E-state index contributed by atoms with van der Waals surface area (Å²) in [4.78, 5) is 24.7. The molecule has 0 spiro atoms. The van der Waals surface area contributed by atoms with Gasteiger partial charge in [-0.25, -0.2) is 0 Å². The zero-order valence-corrected chi connectivity index (χ0v) is 17.0. The first-order chi connectivity index (χ1) is 13.7. The summed E-state index contributed by atoms with van der Waals surface area (Å²) in [6.45, 7) is 2.38. The molecule has 4 bridgehead atoms. The minimum atomic E-state index is -0.119. The molecule has 2 aliphatic heterocycles. The van der Waals surface area contributed by atoms with Gasteiger partial charge in [-0.05, 0) is 41.3 Å². The van der Waals surface area contributed by atoms with Crippen LogP contribution in [0.3, 0.4) is 0 Å². The van der Waals surface area contributed by atoms with Crippen LogP contribution in [-0.4, -0.2) is 43.6 Å². The monoisotopic (exact) mass is 415 g/mol. The Morgan fingerprint density at radius 2 is 1.69 bits per heavy atom. The lowest BCUT2D eigenvalue weighted by Crippen LogP contribution is -2.44. The highest BCUT2D eigenvalue weighted by atomic mass is 35.5. The van der Waals surface area contributed by atoms with Crippen LogP contribution in [0, 0.1) is 0 Å². The van der Waals surface area contributed by atoms with Gasteiger partial charge < -0.3 is 20.7 Å². The molecule has 2 aromatic rings. The third-order valence-electron chi connectivity index (χ3n) is 5.22. The third kappa shape index (κ3) is 5.35. The Labute approximate surface area is 176 Å². The number of carbonyl (C=O) groups is 2. The summed E-state index contributed by atoms with van der Waals surface area (Å²) < 4.78 is 6.11. The molecule has 2 atom stereocenters. The van der Waals surface area contributed by atoms with Crippen LogP contribution in [0.15, 0.2) is 48.5 Å². The minimum absolute atomic E-state index is 0. The first kappa shape index (κ1) is 21.3. The van der Waals surface area contributed by atoms with Crippen LogP contribution in [0.2, 0.25) is 0 Å². The summed E-state index contributed by atoms with van der Waals surface area (Å²) in [5, 5.41) is 9.25. The molecule has 2 heterocycles. The highest BCUT2D eigenvalue weighted by Crippen LogP contribution is 2.22. The molecule has 0 radical (unpaired) electrons. The van der Waals surface area contributed by atoms with Crippen LogP contribution in [0.25, 0.3) is 11.1 Å². The Hall–Kier alpha value is -2.41. The molecule has 2 amide bonds. The van der Waals surface area contributed by atoms with E-state index in [1.165, 1.54) is 0 Å². The molecule has 0 aliphatic carbocycles. The van der Waals surface area contributed by atoms with Gasteiger partial charge >= 0.3 is 0 Å². The van der Waals surface area contributed by atoms with Gasteiger partial charge in [0.1, 0.15) is 0 Å². The molecule has 2 aliphatic rings. The summed E-state index contributed by atoms with van der Waals surface area (Å²) >= 11 is 0. The van der Waals surface area contributed by atoms with Crippen molar-refractivity contribution in [2.75, 3.05) is 19.6 Å². The fourth-order valence-electron chi connectivity index (χ4n) is 3.69. The lowest BCUT2D eigenvalue weighted by Gasteiger charge is -2.21. The third-order valence-corrected chi connectivity index (χ3v) is 5.22. The molecule has 29 heavy (non-hydrogen) atoms. The van der Waals surface area contributed by atoms with Gasteiger partial charge in [-0.2, -0.15) is 0 Å². The second-order valence-electron chi connectivity index (χ2n) is 7.32. The van der Waals surface area contributed by atoms with Crippen LogP contribution in [0.4, 0.5) is 0 Å². The number of halogens is 1.